The number of hydrogen-bond donors (Lipinski definition) is 2. The molecule has 1 aliphatic heterocycles. The normalized spacial score (nSPS) is 17.4. The highest BCUT2D eigenvalue weighted by Gasteiger charge is 2.16. The number of piperidine rings is 1. The summed E-state index contributed by atoms with van der Waals surface area (Å²) in [5, 5.41) is 14.4. The molecule has 0 saturated carbocycles. The summed E-state index contributed by atoms with van der Waals surface area (Å²) in [4.78, 5) is 13.4. The Morgan fingerprint density at radius 1 is 1.40 bits per heavy atom. The number of nitrogens with zero attached hydrogens (tertiary/aromatic N) is 3. The van der Waals surface area contributed by atoms with Gasteiger partial charge in [0.1, 0.15) is 0 Å². The van der Waals surface area contributed by atoms with E-state index in [4.69, 9.17) is 0 Å². The molecule has 2 N–H and O–H groups in total. The van der Waals surface area contributed by atoms with Crippen molar-refractivity contribution in [3.8, 4) is 0 Å². The summed E-state index contributed by atoms with van der Waals surface area (Å²) in [5.74, 6) is 1.24. The van der Waals surface area contributed by atoms with Gasteiger partial charge in [0, 0.05) is 23.7 Å². The molecule has 0 radical (unpaired) electrons. The van der Waals surface area contributed by atoms with Crippen molar-refractivity contribution in [2.75, 3.05) is 25.4 Å². The van der Waals surface area contributed by atoms with Crippen LogP contribution < -0.4 is 10.6 Å². The summed E-state index contributed by atoms with van der Waals surface area (Å²) < 4.78 is 1.79. The molecule has 2 aromatic rings. The molecule has 0 unspecified atom stereocenters. The van der Waals surface area contributed by atoms with Gasteiger partial charge in [-0.25, -0.2) is 0 Å². The molecule has 134 valence electrons. The van der Waals surface area contributed by atoms with E-state index in [1.807, 2.05) is 0 Å². The predicted molar refractivity (Wildman–Crippen MR) is 99.9 cm³/mol. The molecule has 1 saturated heterocycles. The van der Waals surface area contributed by atoms with E-state index in [-0.39, 0.29) is 5.91 Å². The van der Waals surface area contributed by atoms with Crippen molar-refractivity contribution >= 4 is 17.7 Å². The fourth-order valence-corrected chi connectivity index (χ4v) is 3.66. The fourth-order valence-electron chi connectivity index (χ4n) is 2.89. The Morgan fingerprint density at radius 3 is 3.00 bits per heavy atom. The number of rotatable bonds is 7. The lowest BCUT2D eigenvalue weighted by Gasteiger charge is -2.22. The number of hydrogen-bond acceptors (Lipinski definition) is 5. The maximum Gasteiger partial charge on any atom is 0.273 e. The lowest BCUT2D eigenvalue weighted by atomic mass is 10.00. The first kappa shape index (κ1) is 17.9. The summed E-state index contributed by atoms with van der Waals surface area (Å²) in [6.07, 6.45) is 4.15. The van der Waals surface area contributed by atoms with Gasteiger partial charge in [-0.2, -0.15) is 0 Å². The number of nitrogens with one attached hydrogen (secondary N) is 2. The first-order valence-electron chi connectivity index (χ1n) is 8.79. The van der Waals surface area contributed by atoms with E-state index in [1.165, 1.54) is 23.3 Å². The second kappa shape index (κ2) is 9.01. The predicted octanol–water partition coefficient (Wildman–Crippen LogP) is 2.11. The Bertz CT molecular complexity index is 679. The Labute approximate surface area is 152 Å². The number of amides is 1. The number of aryl methyl sites for hydroxylation is 1. The Hall–Kier alpha value is -1.86. The SMILES string of the molecule is Cc1ccc(SCCNC(=O)c2cn(C[C@H]3CCCNC3)nn2)cc1. The molecule has 7 heteroatoms. The van der Waals surface area contributed by atoms with Crippen LogP contribution in [0.4, 0.5) is 0 Å². The number of aromatic nitrogens is 3. The van der Waals surface area contributed by atoms with Crippen LogP contribution in [0.3, 0.4) is 0 Å². The van der Waals surface area contributed by atoms with Gasteiger partial charge in [0.2, 0.25) is 0 Å². The summed E-state index contributed by atoms with van der Waals surface area (Å²) in [7, 11) is 0. The van der Waals surface area contributed by atoms with Crippen LogP contribution in [0.25, 0.3) is 0 Å². The molecule has 6 nitrogen and oxygen atoms in total. The van der Waals surface area contributed by atoms with Gasteiger partial charge >= 0.3 is 0 Å². The molecule has 3 rings (SSSR count). The molecule has 0 aliphatic carbocycles. The largest absolute Gasteiger partial charge is 0.350 e. The van der Waals surface area contributed by atoms with Crippen LogP contribution in [0.1, 0.15) is 28.9 Å². The average Bonchev–Trinajstić information content (AvgIpc) is 3.09. The zero-order valence-corrected chi connectivity index (χ0v) is 15.4. The highest BCUT2D eigenvalue weighted by Crippen LogP contribution is 2.17. The minimum absolute atomic E-state index is 0.155. The van der Waals surface area contributed by atoms with Gasteiger partial charge in [-0.3, -0.25) is 9.48 Å². The number of thioether (sulfide) groups is 1. The molecule has 1 atom stereocenters. The summed E-state index contributed by atoms with van der Waals surface area (Å²) in [5.41, 5.74) is 1.65. The van der Waals surface area contributed by atoms with Gasteiger partial charge in [0.05, 0.1) is 6.20 Å². The zero-order valence-electron chi connectivity index (χ0n) is 14.6. The van der Waals surface area contributed by atoms with Gasteiger partial charge in [0.25, 0.3) is 5.91 Å². The van der Waals surface area contributed by atoms with Crippen molar-refractivity contribution in [1.29, 1.82) is 0 Å². The van der Waals surface area contributed by atoms with Gasteiger partial charge in [0.15, 0.2) is 5.69 Å². The summed E-state index contributed by atoms with van der Waals surface area (Å²) in [6.45, 7) is 5.61. The van der Waals surface area contributed by atoms with Crippen molar-refractivity contribution in [3.05, 3.63) is 41.7 Å². The molecular formula is C18H25N5OS. The standard InChI is InChI=1S/C18H25N5OS/c1-14-4-6-16(7-5-14)25-10-9-20-18(24)17-13-23(22-21-17)12-15-3-2-8-19-11-15/h4-7,13,15,19H,2-3,8-12H2,1H3,(H,20,24)/t15-/m0/s1. The van der Waals surface area contributed by atoms with E-state index >= 15 is 0 Å². The Morgan fingerprint density at radius 2 is 2.24 bits per heavy atom. The molecule has 2 heterocycles. The fraction of sp³-hybridized carbons (Fsp3) is 0.500. The van der Waals surface area contributed by atoms with Crippen molar-refractivity contribution in [2.24, 2.45) is 5.92 Å². The van der Waals surface area contributed by atoms with Crippen molar-refractivity contribution < 1.29 is 4.79 Å². The highest BCUT2D eigenvalue weighted by atomic mass is 32.2. The minimum Gasteiger partial charge on any atom is -0.350 e. The highest BCUT2D eigenvalue weighted by molar-refractivity contribution is 7.99. The molecule has 1 aromatic carbocycles. The third-order valence-corrected chi connectivity index (χ3v) is 5.31. The van der Waals surface area contributed by atoms with E-state index < -0.39 is 0 Å². The van der Waals surface area contributed by atoms with Crippen molar-refractivity contribution in [1.82, 2.24) is 25.6 Å². The van der Waals surface area contributed by atoms with E-state index in [9.17, 15) is 4.79 Å². The second-order valence-corrected chi connectivity index (χ2v) is 7.62. The van der Waals surface area contributed by atoms with Gasteiger partial charge in [-0.15, -0.1) is 16.9 Å². The van der Waals surface area contributed by atoms with E-state index in [0.29, 0.717) is 18.2 Å². The topological polar surface area (TPSA) is 71.8 Å². The van der Waals surface area contributed by atoms with Crippen molar-refractivity contribution in [3.63, 3.8) is 0 Å². The maximum absolute atomic E-state index is 12.2. The van der Waals surface area contributed by atoms with Gasteiger partial charge < -0.3 is 10.6 Å². The summed E-state index contributed by atoms with van der Waals surface area (Å²) in [6, 6.07) is 8.41. The van der Waals surface area contributed by atoms with Crippen LogP contribution in [0.15, 0.2) is 35.4 Å². The van der Waals surface area contributed by atoms with E-state index in [2.05, 4.69) is 52.1 Å². The third-order valence-electron chi connectivity index (χ3n) is 4.29. The van der Waals surface area contributed by atoms with Crippen LogP contribution in [-0.4, -0.2) is 46.3 Å². The molecule has 1 amide bonds. The quantitative estimate of drug-likeness (QED) is 0.585. The van der Waals surface area contributed by atoms with Crippen LogP contribution in [0.2, 0.25) is 0 Å². The molecule has 1 fully saturated rings. The van der Waals surface area contributed by atoms with Crippen LogP contribution >= 0.6 is 11.8 Å². The molecule has 1 aliphatic rings. The van der Waals surface area contributed by atoms with E-state index in [1.54, 1.807) is 22.6 Å². The first-order chi connectivity index (χ1) is 12.2. The number of benzene rings is 1. The van der Waals surface area contributed by atoms with Gasteiger partial charge in [-0.05, 0) is 50.9 Å². The molecule has 0 bridgehead atoms. The molecule has 0 spiro atoms. The van der Waals surface area contributed by atoms with E-state index in [0.717, 1.165) is 25.4 Å². The lowest BCUT2D eigenvalue weighted by molar-refractivity contribution is 0.0951. The van der Waals surface area contributed by atoms with Crippen LogP contribution in [-0.2, 0) is 6.54 Å². The zero-order chi connectivity index (χ0) is 17.5. The first-order valence-corrected chi connectivity index (χ1v) is 9.78. The third kappa shape index (κ3) is 5.57. The number of carbonyl (C=O) groups is 1. The maximum atomic E-state index is 12.2. The second-order valence-electron chi connectivity index (χ2n) is 6.46. The molecular weight excluding hydrogens is 334 g/mol. The average molecular weight is 359 g/mol. The van der Waals surface area contributed by atoms with Crippen LogP contribution in [0.5, 0.6) is 0 Å². The smallest absolute Gasteiger partial charge is 0.273 e. The number of carbonyl (C=O) groups excluding carboxylic acids is 1. The molecule has 25 heavy (non-hydrogen) atoms. The Kier molecular flexibility index (Phi) is 6.47. The Balaban J connectivity index is 1.40. The minimum atomic E-state index is -0.155. The molecule has 1 aromatic heterocycles. The van der Waals surface area contributed by atoms with Gasteiger partial charge in [-0.1, -0.05) is 22.9 Å². The monoisotopic (exact) mass is 359 g/mol. The van der Waals surface area contributed by atoms with Crippen LogP contribution in [0, 0.1) is 12.8 Å². The summed E-state index contributed by atoms with van der Waals surface area (Å²) >= 11 is 1.73. The lowest BCUT2D eigenvalue weighted by Crippen LogP contribution is -2.32. The van der Waals surface area contributed by atoms with Crippen molar-refractivity contribution in [2.45, 2.75) is 31.2 Å².